The second-order valence-corrected chi connectivity index (χ2v) is 11.2. The maximum Gasteiger partial charge on any atom is 0.251 e. The highest BCUT2D eigenvalue weighted by Crippen LogP contribution is 2.24. The fourth-order valence-corrected chi connectivity index (χ4v) is 6.53. The lowest BCUT2D eigenvalue weighted by Crippen LogP contribution is -2.32. The highest BCUT2D eigenvalue weighted by molar-refractivity contribution is 7.89. The van der Waals surface area contributed by atoms with Crippen LogP contribution in [0.15, 0.2) is 47.4 Å². The molecule has 2 aliphatic heterocycles. The fraction of sp³-hybridized carbons (Fsp3) is 0.500. The molecule has 0 aromatic heterocycles. The van der Waals surface area contributed by atoms with Gasteiger partial charge in [-0.1, -0.05) is 43.2 Å². The molecule has 0 bridgehead atoms. The summed E-state index contributed by atoms with van der Waals surface area (Å²) in [5, 5.41) is 2.96. The van der Waals surface area contributed by atoms with Gasteiger partial charge in [0.15, 0.2) is 0 Å². The molecule has 7 heteroatoms. The minimum Gasteiger partial charge on any atom is -0.348 e. The number of benzene rings is 2. The van der Waals surface area contributed by atoms with Gasteiger partial charge < -0.3 is 5.32 Å². The fourth-order valence-electron chi connectivity index (χ4n) is 4.76. The number of rotatable bonds is 7. The average Bonchev–Trinajstić information content (AvgIpc) is 3.15. The molecule has 178 valence electrons. The van der Waals surface area contributed by atoms with Gasteiger partial charge in [0.25, 0.3) is 5.91 Å². The third kappa shape index (κ3) is 6.02. The van der Waals surface area contributed by atoms with Crippen LogP contribution in [0.1, 0.15) is 65.6 Å². The maximum atomic E-state index is 13.3. The Kier molecular flexibility index (Phi) is 7.83. The molecule has 2 fully saturated rings. The third-order valence-electron chi connectivity index (χ3n) is 6.68. The van der Waals surface area contributed by atoms with Gasteiger partial charge in [-0.2, -0.15) is 4.31 Å². The SMILES string of the molecule is Cc1ccc(C(=O)NCc2cccc(CN3CCCC3)c2)cc1S(=O)(=O)N1CCCCCC1. The second kappa shape index (κ2) is 10.8. The van der Waals surface area contributed by atoms with Crippen LogP contribution in [-0.4, -0.2) is 49.7 Å². The van der Waals surface area contributed by atoms with E-state index in [4.69, 9.17) is 0 Å². The number of hydrogen-bond donors (Lipinski definition) is 1. The van der Waals surface area contributed by atoms with Crippen LogP contribution in [0.2, 0.25) is 0 Å². The topological polar surface area (TPSA) is 69.7 Å². The predicted molar refractivity (Wildman–Crippen MR) is 131 cm³/mol. The minimum absolute atomic E-state index is 0.240. The van der Waals surface area contributed by atoms with E-state index in [1.54, 1.807) is 23.4 Å². The van der Waals surface area contributed by atoms with Gasteiger partial charge >= 0.3 is 0 Å². The smallest absolute Gasteiger partial charge is 0.251 e. The third-order valence-corrected chi connectivity index (χ3v) is 8.72. The molecule has 1 amide bonds. The van der Waals surface area contributed by atoms with E-state index in [9.17, 15) is 13.2 Å². The van der Waals surface area contributed by atoms with E-state index in [1.165, 1.54) is 24.5 Å². The summed E-state index contributed by atoms with van der Waals surface area (Å²) in [7, 11) is -3.61. The molecule has 2 aromatic rings. The van der Waals surface area contributed by atoms with Crippen molar-refractivity contribution < 1.29 is 13.2 Å². The molecule has 2 saturated heterocycles. The Labute approximate surface area is 198 Å². The summed E-state index contributed by atoms with van der Waals surface area (Å²) in [5.41, 5.74) is 3.35. The number of nitrogens with zero attached hydrogens (tertiary/aromatic N) is 2. The van der Waals surface area contributed by atoms with Crippen LogP contribution in [0, 0.1) is 6.92 Å². The highest BCUT2D eigenvalue weighted by atomic mass is 32.2. The molecule has 33 heavy (non-hydrogen) atoms. The van der Waals surface area contributed by atoms with Gasteiger partial charge in [0, 0.05) is 31.7 Å². The molecule has 2 aliphatic rings. The molecule has 0 aliphatic carbocycles. The van der Waals surface area contributed by atoms with Gasteiger partial charge in [0.1, 0.15) is 0 Å². The number of aryl methyl sites for hydroxylation is 1. The molecule has 0 spiro atoms. The van der Waals surface area contributed by atoms with Gasteiger partial charge in [-0.15, -0.1) is 0 Å². The van der Waals surface area contributed by atoms with Crippen molar-refractivity contribution in [1.29, 1.82) is 0 Å². The first kappa shape index (κ1) is 23.9. The van der Waals surface area contributed by atoms with Gasteiger partial charge in [0.2, 0.25) is 10.0 Å². The summed E-state index contributed by atoms with van der Waals surface area (Å²) in [6, 6.07) is 13.3. The largest absolute Gasteiger partial charge is 0.348 e. The number of carbonyl (C=O) groups is 1. The van der Waals surface area contributed by atoms with E-state index < -0.39 is 10.0 Å². The standard InChI is InChI=1S/C26H35N3O3S/c1-21-11-12-24(18-25(21)33(31,32)29-15-4-2-3-5-16-29)26(30)27-19-22-9-8-10-23(17-22)20-28-13-6-7-14-28/h8-12,17-18H,2-7,13-16,19-20H2,1H3,(H,27,30). The lowest BCUT2D eigenvalue weighted by atomic mass is 10.1. The molecular weight excluding hydrogens is 434 g/mol. The zero-order valence-corrected chi connectivity index (χ0v) is 20.4. The summed E-state index contributed by atoms with van der Waals surface area (Å²) in [5.74, 6) is -0.257. The van der Waals surface area contributed by atoms with Gasteiger partial charge in [-0.05, 0) is 74.5 Å². The highest BCUT2D eigenvalue weighted by Gasteiger charge is 2.27. The van der Waals surface area contributed by atoms with E-state index in [0.717, 1.165) is 50.9 Å². The molecule has 2 heterocycles. The summed E-state index contributed by atoms with van der Waals surface area (Å²) < 4.78 is 28.1. The summed E-state index contributed by atoms with van der Waals surface area (Å²) >= 11 is 0. The molecule has 0 atom stereocenters. The maximum absolute atomic E-state index is 13.3. The number of carbonyl (C=O) groups excluding carboxylic acids is 1. The van der Waals surface area contributed by atoms with Crippen LogP contribution in [-0.2, 0) is 23.1 Å². The van der Waals surface area contributed by atoms with Crippen LogP contribution in [0.25, 0.3) is 0 Å². The van der Waals surface area contributed by atoms with Crippen LogP contribution in [0.5, 0.6) is 0 Å². The molecule has 0 saturated carbocycles. The van der Waals surface area contributed by atoms with Crippen molar-refractivity contribution in [3.63, 3.8) is 0 Å². The number of nitrogens with one attached hydrogen (secondary N) is 1. The molecule has 2 aromatic carbocycles. The van der Waals surface area contributed by atoms with E-state index in [-0.39, 0.29) is 10.8 Å². The summed E-state index contributed by atoms with van der Waals surface area (Å²) in [6.07, 6.45) is 6.42. The zero-order chi connectivity index (χ0) is 23.3. The van der Waals surface area contributed by atoms with Gasteiger partial charge in [0.05, 0.1) is 4.90 Å². The first-order valence-corrected chi connectivity index (χ1v) is 13.6. The Balaban J connectivity index is 1.43. The summed E-state index contributed by atoms with van der Waals surface area (Å²) in [4.78, 5) is 15.6. The average molecular weight is 470 g/mol. The van der Waals surface area contributed by atoms with E-state index in [0.29, 0.717) is 30.8 Å². The Hall–Kier alpha value is -2.22. The van der Waals surface area contributed by atoms with Crippen molar-refractivity contribution in [1.82, 2.24) is 14.5 Å². The Morgan fingerprint density at radius 1 is 0.879 bits per heavy atom. The van der Waals surface area contributed by atoms with Crippen molar-refractivity contribution in [3.05, 3.63) is 64.7 Å². The first-order valence-electron chi connectivity index (χ1n) is 12.1. The van der Waals surface area contributed by atoms with Crippen LogP contribution in [0.3, 0.4) is 0 Å². The first-order chi connectivity index (χ1) is 15.9. The van der Waals surface area contributed by atoms with Crippen LogP contribution >= 0.6 is 0 Å². The molecular formula is C26H35N3O3S. The van der Waals surface area contributed by atoms with E-state index in [2.05, 4.69) is 22.3 Å². The molecule has 0 unspecified atom stereocenters. The van der Waals surface area contributed by atoms with Gasteiger partial charge in [-0.25, -0.2) is 8.42 Å². The monoisotopic (exact) mass is 469 g/mol. The second-order valence-electron chi connectivity index (χ2n) is 9.28. The van der Waals surface area contributed by atoms with Crippen molar-refractivity contribution in [3.8, 4) is 0 Å². The zero-order valence-electron chi connectivity index (χ0n) is 19.6. The molecule has 1 N–H and O–H groups in total. The lowest BCUT2D eigenvalue weighted by Gasteiger charge is -2.21. The Morgan fingerprint density at radius 3 is 2.27 bits per heavy atom. The van der Waals surface area contributed by atoms with Gasteiger partial charge in [-0.3, -0.25) is 9.69 Å². The van der Waals surface area contributed by atoms with Crippen LogP contribution < -0.4 is 5.32 Å². The predicted octanol–water partition coefficient (Wildman–Crippen LogP) is 4.09. The van der Waals surface area contributed by atoms with Crippen LogP contribution in [0.4, 0.5) is 0 Å². The van der Waals surface area contributed by atoms with E-state index in [1.807, 2.05) is 12.1 Å². The summed E-state index contributed by atoms with van der Waals surface area (Å²) in [6.45, 7) is 6.54. The number of likely N-dealkylation sites (tertiary alicyclic amines) is 1. The molecule has 6 nitrogen and oxygen atoms in total. The number of hydrogen-bond acceptors (Lipinski definition) is 4. The normalized spacial score (nSPS) is 18.2. The van der Waals surface area contributed by atoms with Crippen molar-refractivity contribution in [2.45, 2.75) is 63.4 Å². The number of amides is 1. The lowest BCUT2D eigenvalue weighted by molar-refractivity contribution is 0.0950. The van der Waals surface area contributed by atoms with Crippen molar-refractivity contribution in [2.24, 2.45) is 0 Å². The van der Waals surface area contributed by atoms with E-state index >= 15 is 0 Å². The number of sulfonamides is 1. The Morgan fingerprint density at radius 2 is 1.55 bits per heavy atom. The minimum atomic E-state index is -3.61. The quantitative estimate of drug-likeness (QED) is 0.663. The Bertz CT molecular complexity index is 1070. The molecule has 0 radical (unpaired) electrons. The van der Waals surface area contributed by atoms with Crippen molar-refractivity contribution >= 4 is 15.9 Å². The van der Waals surface area contributed by atoms with Crippen molar-refractivity contribution in [2.75, 3.05) is 26.2 Å². The molecule has 4 rings (SSSR count).